The minimum absolute atomic E-state index is 0.0972. The third kappa shape index (κ3) is 8.72. The van der Waals surface area contributed by atoms with E-state index in [0.29, 0.717) is 68.0 Å². The topological polar surface area (TPSA) is 79.4 Å². The summed E-state index contributed by atoms with van der Waals surface area (Å²) in [6, 6.07) is 30.0. The van der Waals surface area contributed by atoms with Crippen molar-refractivity contribution >= 4 is 29.0 Å². The summed E-state index contributed by atoms with van der Waals surface area (Å²) in [6.07, 6.45) is 1.08. The summed E-state index contributed by atoms with van der Waals surface area (Å²) in [7, 11) is 0. The van der Waals surface area contributed by atoms with Gasteiger partial charge in [0.15, 0.2) is 5.78 Å². The van der Waals surface area contributed by atoms with Crippen molar-refractivity contribution in [1.29, 1.82) is 0 Å². The Bertz CT molecular complexity index is 1730. The second-order valence-electron chi connectivity index (χ2n) is 11.3. The fourth-order valence-corrected chi connectivity index (χ4v) is 5.76. The monoisotopic (exact) mass is 655 g/mol. The number of carbonyl (C=O) groups is 1. The van der Waals surface area contributed by atoms with Crippen molar-refractivity contribution in [2.75, 3.05) is 33.0 Å². The number of rotatable bonds is 15. The van der Waals surface area contributed by atoms with Crippen LogP contribution in [0.3, 0.4) is 0 Å². The number of Topliss-reactive ketones (excluding diaryl/α,β-unsaturated/α-hetero) is 1. The number of imidazole rings is 1. The Hall–Kier alpha value is -3.78. The molecule has 238 valence electrons. The molecule has 6 nitrogen and oxygen atoms in total. The first kappa shape index (κ1) is 33.6. The first-order valence-electron chi connectivity index (χ1n) is 15.5. The molecule has 0 saturated carbocycles. The molecule has 0 atom stereocenters. The van der Waals surface area contributed by atoms with Crippen LogP contribution in [0.4, 0.5) is 0 Å². The number of ether oxygens (including phenoxy) is 2. The fourth-order valence-electron chi connectivity index (χ4n) is 5.50. The lowest BCUT2D eigenvalue weighted by atomic mass is 10.0. The number of aryl methyl sites for hydroxylation is 2. The number of hydrogen-bond acceptors (Lipinski definition) is 5. The number of carbonyl (C=O) groups excluding carboxylic acids is 1. The van der Waals surface area contributed by atoms with Gasteiger partial charge < -0.3 is 19.8 Å². The van der Waals surface area contributed by atoms with Gasteiger partial charge in [0.1, 0.15) is 5.82 Å². The molecular formula is C38H39Cl2N3O3. The highest BCUT2D eigenvalue weighted by atomic mass is 35.5. The Labute approximate surface area is 281 Å². The SMILES string of the molecule is Cc1cc(C)cc(-c2nc(-c3ccc(Cl)cc3)c(-c3ccc(Cl)cc3)n2Cc2ccc(C(=O)CCCOCCOCCN)cc2)c1. The zero-order valence-electron chi connectivity index (χ0n) is 26.3. The molecule has 0 saturated heterocycles. The van der Waals surface area contributed by atoms with Crippen LogP contribution in [0.1, 0.15) is 39.9 Å². The highest BCUT2D eigenvalue weighted by Gasteiger charge is 2.22. The second-order valence-corrected chi connectivity index (χ2v) is 12.2. The number of ketones is 1. The predicted molar refractivity (Wildman–Crippen MR) is 188 cm³/mol. The maximum absolute atomic E-state index is 12.9. The summed E-state index contributed by atoms with van der Waals surface area (Å²) < 4.78 is 13.1. The van der Waals surface area contributed by atoms with Gasteiger partial charge >= 0.3 is 0 Å². The molecule has 0 bridgehead atoms. The van der Waals surface area contributed by atoms with Crippen LogP contribution in [-0.4, -0.2) is 48.3 Å². The number of nitrogens with two attached hydrogens (primary N) is 1. The molecule has 0 aliphatic heterocycles. The molecule has 0 aliphatic carbocycles. The quantitative estimate of drug-likeness (QED) is 0.0900. The van der Waals surface area contributed by atoms with Gasteiger partial charge in [0.25, 0.3) is 0 Å². The van der Waals surface area contributed by atoms with Gasteiger partial charge in [-0.2, -0.15) is 0 Å². The maximum atomic E-state index is 12.9. The van der Waals surface area contributed by atoms with E-state index in [9.17, 15) is 4.79 Å². The molecule has 46 heavy (non-hydrogen) atoms. The van der Waals surface area contributed by atoms with Crippen LogP contribution < -0.4 is 5.73 Å². The van der Waals surface area contributed by atoms with Gasteiger partial charge in [0.2, 0.25) is 0 Å². The van der Waals surface area contributed by atoms with Crippen LogP contribution in [0.15, 0.2) is 91.0 Å². The number of halogens is 2. The number of hydrogen-bond donors (Lipinski definition) is 1. The molecule has 0 fully saturated rings. The van der Waals surface area contributed by atoms with E-state index in [-0.39, 0.29) is 5.78 Å². The van der Waals surface area contributed by atoms with Crippen molar-refractivity contribution in [3.8, 4) is 33.9 Å². The molecule has 2 N–H and O–H groups in total. The summed E-state index contributed by atoms with van der Waals surface area (Å²) in [5.74, 6) is 0.954. The van der Waals surface area contributed by atoms with Gasteiger partial charge in [-0.25, -0.2) is 4.98 Å². The molecule has 1 heterocycles. The smallest absolute Gasteiger partial charge is 0.162 e. The Balaban J connectivity index is 1.45. The summed E-state index contributed by atoms with van der Waals surface area (Å²) in [6.45, 7) is 7.30. The summed E-state index contributed by atoms with van der Waals surface area (Å²) in [4.78, 5) is 18.2. The molecule has 0 aliphatic rings. The van der Waals surface area contributed by atoms with E-state index >= 15 is 0 Å². The third-order valence-electron chi connectivity index (χ3n) is 7.63. The normalized spacial score (nSPS) is 11.2. The Morgan fingerprint density at radius 3 is 1.93 bits per heavy atom. The number of aromatic nitrogens is 2. The van der Waals surface area contributed by atoms with E-state index in [1.807, 2.05) is 72.8 Å². The number of nitrogens with zero attached hydrogens (tertiary/aromatic N) is 2. The summed E-state index contributed by atoms with van der Waals surface area (Å²) >= 11 is 12.6. The molecule has 8 heteroatoms. The first-order valence-corrected chi connectivity index (χ1v) is 16.3. The lowest BCUT2D eigenvalue weighted by molar-refractivity contribution is 0.0489. The van der Waals surface area contributed by atoms with Crippen LogP contribution in [0.5, 0.6) is 0 Å². The van der Waals surface area contributed by atoms with Gasteiger partial charge in [0, 0.05) is 58.4 Å². The average Bonchev–Trinajstić information content (AvgIpc) is 3.41. The average molecular weight is 657 g/mol. The van der Waals surface area contributed by atoms with Gasteiger partial charge in [0.05, 0.1) is 31.2 Å². The van der Waals surface area contributed by atoms with Crippen molar-refractivity contribution in [2.45, 2.75) is 33.2 Å². The van der Waals surface area contributed by atoms with Crippen LogP contribution in [-0.2, 0) is 16.0 Å². The Morgan fingerprint density at radius 2 is 1.33 bits per heavy atom. The largest absolute Gasteiger partial charge is 0.379 e. The zero-order chi connectivity index (χ0) is 32.5. The molecule has 0 unspecified atom stereocenters. The van der Waals surface area contributed by atoms with Gasteiger partial charge in [-0.05, 0) is 62.2 Å². The van der Waals surface area contributed by atoms with E-state index in [1.54, 1.807) is 0 Å². The molecule has 5 rings (SSSR count). The van der Waals surface area contributed by atoms with E-state index < -0.39 is 0 Å². The molecule has 5 aromatic rings. The van der Waals surface area contributed by atoms with Gasteiger partial charge in [-0.15, -0.1) is 0 Å². The third-order valence-corrected chi connectivity index (χ3v) is 8.13. The Morgan fingerprint density at radius 1 is 0.739 bits per heavy atom. The predicted octanol–water partition coefficient (Wildman–Crippen LogP) is 8.81. The van der Waals surface area contributed by atoms with Crippen molar-refractivity contribution in [2.24, 2.45) is 5.73 Å². The van der Waals surface area contributed by atoms with Crippen LogP contribution in [0, 0.1) is 13.8 Å². The standard InChI is InChI=1S/C38H39Cl2N3O3/c1-26-22-27(2)24-32(23-26)38-42-36(30-9-13-33(39)14-10-30)37(31-11-15-34(40)16-12-31)43(38)25-28-5-7-29(8-6-28)35(44)4-3-18-45-20-21-46-19-17-41/h5-16,22-24H,3-4,17-21,25,41H2,1-2H3. The molecular weight excluding hydrogens is 617 g/mol. The minimum Gasteiger partial charge on any atom is -0.379 e. The van der Waals surface area contributed by atoms with Crippen LogP contribution >= 0.6 is 23.2 Å². The lowest BCUT2D eigenvalue weighted by Crippen LogP contribution is -2.12. The van der Waals surface area contributed by atoms with Gasteiger partial charge in [-0.3, -0.25) is 4.79 Å². The molecule has 1 aromatic heterocycles. The molecule has 0 radical (unpaired) electrons. The van der Waals surface area contributed by atoms with E-state index in [4.69, 9.17) is 43.4 Å². The Kier molecular flexibility index (Phi) is 11.8. The van der Waals surface area contributed by atoms with E-state index in [2.05, 4.69) is 36.6 Å². The van der Waals surface area contributed by atoms with Crippen LogP contribution in [0.25, 0.3) is 33.9 Å². The fraction of sp³-hybridized carbons (Fsp3) is 0.263. The highest BCUT2D eigenvalue weighted by Crippen LogP contribution is 2.38. The highest BCUT2D eigenvalue weighted by molar-refractivity contribution is 6.31. The number of benzene rings is 4. The zero-order valence-corrected chi connectivity index (χ0v) is 27.8. The lowest BCUT2D eigenvalue weighted by Gasteiger charge is -2.15. The van der Waals surface area contributed by atoms with Crippen LogP contribution in [0.2, 0.25) is 10.0 Å². The van der Waals surface area contributed by atoms with Gasteiger partial charge in [-0.1, -0.05) is 88.9 Å². The maximum Gasteiger partial charge on any atom is 0.162 e. The van der Waals surface area contributed by atoms with E-state index in [0.717, 1.165) is 39.5 Å². The van der Waals surface area contributed by atoms with E-state index in [1.165, 1.54) is 11.1 Å². The first-order chi connectivity index (χ1) is 22.3. The summed E-state index contributed by atoms with van der Waals surface area (Å²) in [5, 5.41) is 1.33. The molecule has 0 spiro atoms. The minimum atomic E-state index is 0.0972. The van der Waals surface area contributed by atoms with Crippen molar-refractivity contribution < 1.29 is 14.3 Å². The van der Waals surface area contributed by atoms with Crippen molar-refractivity contribution in [3.63, 3.8) is 0 Å². The molecule has 0 amide bonds. The molecule has 4 aromatic carbocycles. The summed E-state index contributed by atoms with van der Waals surface area (Å²) in [5.41, 5.74) is 14.3. The van der Waals surface area contributed by atoms with Crippen molar-refractivity contribution in [3.05, 3.63) is 123 Å². The van der Waals surface area contributed by atoms with Crippen molar-refractivity contribution in [1.82, 2.24) is 9.55 Å². The second kappa shape index (κ2) is 16.2.